The Morgan fingerprint density at radius 2 is 1.88 bits per heavy atom. The lowest BCUT2D eigenvalue weighted by Gasteiger charge is -2.39. The molecular formula is C19H24O5. The molecule has 3 aliphatic carbocycles. The van der Waals surface area contributed by atoms with E-state index in [4.69, 9.17) is 4.74 Å². The molecule has 1 saturated carbocycles. The highest BCUT2D eigenvalue weighted by Gasteiger charge is 2.48. The number of ketones is 1. The average Bonchev–Trinajstić information content (AvgIpc) is 2.79. The predicted octanol–water partition coefficient (Wildman–Crippen LogP) is 2.30. The lowest BCUT2D eigenvalue weighted by Crippen LogP contribution is -2.38. The third kappa shape index (κ3) is 2.50. The molecule has 0 unspecified atom stereocenters. The Labute approximate surface area is 141 Å². The molecule has 5 rings (SSSR count). The molecule has 24 heavy (non-hydrogen) atoms. The number of carbonyl (C=O) groups excluding carboxylic acids is 2. The van der Waals surface area contributed by atoms with Crippen LogP contribution in [0.5, 0.6) is 0 Å². The Morgan fingerprint density at radius 3 is 2.62 bits per heavy atom. The summed E-state index contributed by atoms with van der Waals surface area (Å²) in [5.74, 6) is 0.268. The Bertz CT molecular complexity index is 634. The van der Waals surface area contributed by atoms with E-state index in [-0.39, 0.29) is 47.6 Å². The fourth-order valence-corrected chi connectivity index (χ4v) is 5.17. The number of fused-ring (bicyclic) bond motifs is 5. The van der Waals surface area contributed by atoms with Gasteiger partial charge in [0.25, 0.3) is 0 Å². The summed E-state index contributed by atoms with van der Waals surface area (Å²) < 4.78 is 5.40. The van der Waals surface area contributed by atoms with Crippen LogP contribution in [0.4, 0.5) is 0 Å². The van der Waals surface area contributed by atoms with Crippen molar-refractivity contribution in [3.63, 3.8) is 0 Å². The number of allylic oxidation sites excluding steroid dienone is 2. The molecule has 2 fully saturated rings. The molecule has 5 nitrogen and oxygen atoms in total. The number of aliphatic hydroxyl groups is 2. The molecule has 0 radical (unpaired) electrons. The normalized spacial score (nSPS) is 45.0. The number of rotatable bonds is 0. The summed E-state index contributed by atoms with van der Waals surface area (Å²) in [7, 11) is 0. The summed E-state index contributed by atoms with van der Waals surface area (Å²) in [6.45, 7) is 1.97. The van der Waals surface area contributed by atoms with Crippen molar-refractivity contribution in [1.82, 2.24) is 0 Å². The molecule has 2 heterocycles. The van der Waals surface area contributed by atoms with Gasteiger partial charge in [0.1, 0.15) is 17.6 Å². The maximum Gasteiger partial charge on any atom is 0.337 e. The SMILES string of the molecule is C[C@@H]1C[C@@H]2[C@H]3CC4=C(O)C[C@@H](C[C@H](O)C[C@H]3C=C[C@@H]2C1=O)OC4=O. The zero-order valence-electron chi connectivity index (χ0n) is 13.9. The van der Waals surface area contributed by atoms with E-state index in [1.54, 1.807) is 0 Å². The van der Waals surface area contributed by atoms with Gasteiger partial charge in [0.15, 0.2) is 0 Å². The first-order valence-electron chi connectivity index (χ1n) is 8.96. The molecule has 0 spiro atoms. The molecule has 0 amide bonds. The number of esters is 1. The van der Waals surface area contributed by atoms with Gasteiger partial charge in [-0.1, -0.05) is 19.1 Å². The van der Waals surface area contributed by atoms with Crippen LogP contribution >= 0.6 is 0 Å². The van der Waals surface area contributed by atoms with Crippen molar-refractivity contribution in [2.45, 2.75) is 51.2 Å². The summed E-state index contributed by atoms with van der Waals surface area (Å²) in [6, 6.07) is 0. The van der Waals surface area contributed by atoms with E-state index in [0.717, 1.165) is 6.42 Å². The van der Waals surface area contributed by atoms with Gasteiger partial charge >= 0.3 is 5.97 Å². The van der Waals surface area contributed by atoms with E-state index < -0.39 is 18.2 Å². The van der Waals surface area contributed by atoms with Gasteiger partial charge in [0.05, 0.1) is 11.7 Å². The van der Waals surface area contributed by atoms with Crippen LogP contribution in [0.2, 0.25) is 0 Å². The Balaban J connectivity index is 1.72. The van der Waals surface area contributed by atoms with Gasteiger partial charge < -0.3 is 14.9 Å². The topological polar surface area (TPSA) is 83.8 Å². The highest BCUT2D eigenvalue weighted by Crippen LogP contribution is 2.49. The average molecular weight is 332 g/mol. The van der Waals surface area contributed by atoms with Crippen LogP contribution in [-0.4, -0.2) is 34.2 Å². The minimum atomic E-state index is -0.571. The van der Waals surface area contributed by atoms with Crippen LogP contribution in [0.1, 0.15) is 39.0 Å². The van der Waals surface area contributed by atoms with E-state index in [1.807, 2.05) is 13.0 Å². The second-order valence-electron chi connectivity index (χ2n) is 7.93. The van der Waals surface area contributed by atoms with E-state index in [9.17, 15) is 19.8 Å². The van der Waals surface area contributed by atoms with Crippen molar-refractivity contribution >= 4 is 11.8 Å². The van der Waals surface area contributed by atoms with Crippen molar-refractivity contribution in [2.75, 3.05) is 0 Å². The van der Waals surface area contributed by atoms with Crippen LogP contribution in [0, 0.1) is 29.6 Å². The molecule has 1 saturated heterocycles. The summed E-state index contributed by atoms with van der Waals surface area (Å²) >= 11 is 0. The largest absolute Gasteiger partial charge is 0.512 e. The van der Waals surface area contributed by atoms with E-state index in [2.05, 4.69) is 6.08 Å². The van der Waals surface area contributed by atoms with Crippen molar-refractivity contribution in [1.29, 1.82) is 0 Å². The van der Waals surface area contributed by atoms with Crippen molar-refractivity contribution in [3.05, 3.63) is 23.5 Å². The van der Waals surface area contributed by atoms with Gasteiger partial charge in [-0.25, -0.2) is 4.79 Å². The molecule has 2 N–H and O–H groups in total. The molecule has 7 atom stereocenters. The number of carbonyl (C=O) groups is 2. The van der Waals surface area contributed by atoms with E-state index in [0.29, 0.717) is 24.8 Å². The Hall–Kier alpha value is -1.62. The minimum Gasteiger partial charge on any atom is -0.512 e. The lowest BCUT2D eigenvalue weighted by atomic mass is 9.67. The minimum absolute atomic E-state index is 0.0361. The molecule has 2 bridgehead atoms. The van der Waals surface area contributed by atoms with Gasteiger partial charge in [-0.15, -0.1) is 0 Å². The zero-order valence-corrected chi connectivity index (χ0v) is 13.9. The molecule has 5 aliphatic rings. The van der Waals surface area contributed by atoms with Crippen LogP contribution in [-0.2, 0) is 14.3 Å². The quantitative estimate of drug-likeness (QED) is 0.525. The first-order valence-corrected chi connectivity index (χ1v) is 8.96. The summed E-state index contributed by atoms with van der Waals surface area (Å²) in [5.41, 5.74) is 0.374. The second kappa shape index (κ2) is 5.73. The van der Waals surface area contributed by atoms with Crippen molar-refractivity contribution in [2.24, 2.45) is 29.6 Å². The second-order valence-corrected chi connectivity index (χ2v) is 7.93. The summed E-state index contributed by atoms with van der Waals surface area (Å²) in [5, 5.41) is 20.7. The van der Waals surface area contributed by atoms with Crippen LogP contribution in [0.3, 0.4) is 0 Å². The Morgan fingerprint density at radius 1 is 1.08 bits per heavy atom. The van der Waals surface area contributed by atoms with Crippen LogP contribution in [0.15, 0.2) is 23.5 Å². The molecule has 0 aromatic carbocycles. The van der Waals surface area contributed by atoms with Gasteiger partial charge in [-0.2, -0.15) is 0 Å². The maximum absolute atomic E-state index is 12.4. The zero-order chi connectivity index (χ0) is 17.0. The van der Waals surface area contributed by atoms with Gasteiger partial charge in [0, 0.05) is 24.7 Å². The first kappa shape index (κ1) is 15.9. The standard InChI is InChI=1S/C19H24O5/c1-9-4-15-13(18(9)22)3-2-10-5-11(20)6-12-7-17(21)16(8-14(10)15)19(23)24-12/h2-3,9-15,20-21H,4-8H2,1H3/t9-,10-,11-,12-,13+,14+,15+/m1/s1. The molecular weight excluding hydrogens is 308 g/mol. The molecule has 5 heteroatoms. The van der Waals surface area contributed by atoms with Crippen molar-refractivity contribution in [3.8, 4) is 0 Å². The summed E-state index contributed by atoms with van der Waals surface area (Å²) in [4.78, 5) is 24.7. The fourth-order valence-electron chi connectivity index (χ4n) is 5.17. The lowest BCUT2D eigenvalue weighted by molar-refractivity contribution is -0.149. The maximum atomic E-state index is 12.4. The van der Waals surface area contributed by atoms with Gasteiger partial charge in [-0.3, -0.25) is 4.79 Å². The number of aliphatic hydroxyl groups excluding tert-OH is 2. The van der Waals surface area contributed by atoms with Crippen LogP contribution < -0.4 is 0 Å². The smallest absolute Gasteiger partial charge is 0.337 e. The van der Waals surface area contributed by atoms with E-state index >= 15 is 0 Å². The fraction of sp³-hybridized carbons (Fsp3) is 0.684. The van der Waals surface area contributed by atoms with Gasteiger partial charge in [-0.05, 0) is 37.0 Å². The van der Waals surface area contributed by atoms with Gasteiger partial charge in [0.2, 0.25) is 0 Å². The number of ether oxygens (including phenoxy) is 1. The third-order valence-corrected chi connectivity index (χ3v) is 6.38. The molecule has 2 aliphatic heterocycles. The van der Waals surface area contributed by atoms with Crippen molar-refractivity contribution < 1.29 is 24.5 Å². The molecule has 130 valence electrons. The number of hydrogen-bond acceptors (Lipinski definition) is 5. The third-order valence-electron chi connectivity index (χ3n) is 6.38. The van der Waals surface area contributed by atoms with E-state index in [1.165, 1.54) is 0 Å². The Kier molecular flexibility index (Phi) is 3.79. The predicted molar refractivity (Wildman–Crippen MR) is 85.9 cm³/mol. The molecule has 0 aromatic heterocycles. The number of Topliss-reactive ketones (excluding diaryl/α,β-unsaturated/α-hetero) is 1. The highest BCUT2D eigenvalue weighted by molar-refractivity contribution is 5.90. The summed E-state index contributed by atoms with van der Waals surface area (Å²) in [6.07, 6.45) is 5.56. The highest BCUT2D eigenvalue weighted by atomic mass is 16.5. The number of hydrogen-bond donors (Lipinski definition) is 2. The van der Waals surface area contributed by atoms with Crippen LogP contribution in [0.25, 0.3) is 0 Å². The monoisotopic (exact) mass is 332 g/mol. The molecule has 0 aromatic rings. The first-order chi connectivity index (χ1) is 11.4.